The average molecular weight is 248 g/mol. The van der Waals surface area contributed by atoms with Crippen LogP contribution in [0.1, 0.15) is 10.5 Å². The van der Waals surface area contributed by atoms with Crippen LogP contribution in [0.2, 0.25) is 5.02 Å². The maximum atomic E-state index is 10.9. The predicted octanol–water partition coefficient (Wildman–Crippen LogP) is 2.23. The molecule has 0 unspecified atom stereocenters. The van der Waals surface area contributed by atoms with Crippen LogP contribution < -0.4 is 0 Å². The highest BCUT2D eigenvalue weighted by Gasteiger charge is 2.14. The van der Waals surface area contributed by atoms with Crippen LogP contribution in [-0.2, 0) is 0 Å². The van der Waals surface area contributed by atoms with E-state index < -0.39 is 5.97 Å². The van der Waals surface area contributed by atoms with E-state index in [1.54, 1.807) is 4.40 Å². The van der Waals surface area contributed by atoms with Crippen LogP contribution in [0.3, 0.4) is 0 Å². The first kappa shape index (κ1) is 10.0. The van der Waals surface area contributed by atoms with Crippen LogP contribution in [0.4, 0.5) is 0 Å². The van der Waals surface area contributed by atoms with Gasteiger partial charge in [0.2, 0.25) is 5.78 Å². The van der Waals surface area contributed by atoms with Crippen LogP contribution in [0, 0.1) is 0 Å². The second-order valence-electron chi connectivity index (χ2n) is 3.51. The van der Waals surface area contributed by atoms with E-state index in [2.05, 4.69) is 9.97 Å². The summed E-state index contributed by atoms with van der Waals surface area (Å²) < 4.78 is 1.67. The SMILES string of the molecule is O=C(O)c1nc2nc3ccccc3n2cc1Cl. The summed E-state index contributed by atoms with van der Waals surface area (Å²) >= 11 is 5.86. The van der Waals surface area contributed by atoms with Gasteiger partial charge < -0.3 is 5.11 Å². The standard InChI is InChI=1S/C11H6ClN3O2/c12-6-5-15-8-4-2-1-3-7(8)13-11(15)14-9(6)10(16)17/h1-5H,(H,16,17). The molecule has 0 atom stereocenters. The van der Waals surface area contributed by atoms with Crippen molar-refractivity contribution in [1.29, 1.82) is 0 Å². The van der Waals surface area contributed by atoms with Crippen molar-refractivity contribution in [3.8, 4) is 0 Å². The number of nitrogens with zero attached hydrogens (tertiary/aromatic N) is 3. The third-order valence-corrected chi connectivity index (χ3v) is 2.74. The molecule has 0 aliphatic heterocycles. The summed E-state index contributed by atoms with van der Waals surface area (Å²) in [6.07, 6.45) is 1.52. The van der Waals surface area contributed by atoms with E-state index in [4.69, 9.17) is 16.7 Å². The molecule has 0 aliphatic carbocycles. The van der Waals surface area contributed by atoms with Crippen LogP contribution in [0.5, 0.6) is 0 Å². The Bertz CT molecular complexity index is 751. The van der Waals surface area contributed by atoms with Gasteiger partial charge in [-0.25, -0.2) is 14.8 Å². The summed E-state index contributed by atoms with van der Waals surface area (Å²) in [6.45, 7) is 0. The third-order valence-electron chi connectivity index (χ3n) is 2.46. The summed E-state index contributed by atoms with van der Waals surface area (Å²) in [5.41, 5.74) is 1.40. The molecule has 0 radical (unpaired) electrons. The zero-order valence-electron chi connectivity index (χ0n) is 8.46. The average Bonchev–Trinajstić information content (AvgIpc) is 2.65. The van der Waals surface area contributed by atoms with Gasteiger partial charge in [-0.3, -0.25) is 4.40 Å². The number of para-hydroxylation sites is 2. The normalized spacial score (nSPS) is 11.1. The molecule has 84 valence electrons. The fraction of sp³-hybridized carbons (Fsp3) is 0. The Morgan fingerprint density at radius 2 is 2.06 bits per heavy atom. The molecule has 3 aromatic rings. The van der Waals surface area contributed by atoms with E-state index in [9.17, 15) is 4.79 Å². The molecule has 1 aromatic carbocycles. The van der Waals surface area contributed by atoms with Gasteiger partial charge >= 0.3 is 5.97 Å². The topological polar surface area (TPSA) is 67.5 Å². The van der Waals surface area contributed by atoms with Gasteiger partial charge in [-0.15, -0.1) is 0 Å². The molecular weight excluding hydrogens is 242 g/mol. The molecule has 0 amide bonds. The van der Waals surface area contributed by atoms with Crippen molar-refractivity contribution in [1.82, 2.24) is 14.4 Å². The lowest BCUT2D eigenvalue weighted by atomic mass is 10.3. The number of carboxylic acids is 1. The Hall–Kier alpha value is -2.14. The predicted molar refractivity (Wildman–Crippen MR) is 62.5 cm³/mol. The molecule has 3 rings (SSSR count). The molecular formula is C11H6ClN3O2. The van der Waals surface area contributed by atoms with E-state index in [1.165, 1.54) is 6.20 Å². The minimum absolute atomic E-state index is 0.0909. The minimum Gasteiger partial charge on any atom is -0.476 e. The number of carboxylic acid groups (broad SMARTS) is 1. The van der Waals surface area contributed by atoms with E-state index >= 15 is 0 Å². The van der Waals surface area contributed by atoms with Crippen LogP contribution >= 0.6 is 11.6 Å². The van der Waals surface area contributed by atoms with Crippen molar-refractivity contribution in [2.75, 3.05) is 0 Å². The fourth-order valence-corrected chi connectivity index (χ4v) is 1.94. The molecule has 1 N–H and O–H groups in total. The molecule has 0 spiro atoms. The minimum atomic E-state index is -1.16. The zero-order chi connectivity index (χ0) is 12.0. The number of rotatable bonds is 1. The summed E-state index contributed by atoms with van der Waals surface area (Å²) in [5, 5.41) is 9.01. The number of carbonyl (C=O) groups is 1. The van der Waals surface area contributed by atoms with Crippen molar-refractivity contribution < 1.29 is 9.90 Å². The Kier molecular flexibility index (Phi) is 2.02. The monoisotopic (exact) mass is 247 g/mol. The molecule has 2 aromatic heterocycles. The lowest BCUT2D eigenvalue weighted by molar-refractivity contribution is 0.0691. The Morgan fingerprint density at radius 3 is 2.82 bits per heavy atom. The number of imidazole rings is 1. The van der Waals surface area contributed by atoms with E-state index in [0.29, 0.717) is 5.78 Å². The number of hydrogen-bond donors (Lipinski definition) is 1. The van der Waals surface area contributed by atoms with Crippen LogP contribution in [-0.4, -0.2) is 25.4 Å². The van der Waals surface area contributed by atoms with Gasteiger partial charge in [-0.2, -0.15) is 0 Å². The molecule has 0 bridgehead atoms. The highest BCUT2D eigenvalue weighted by atomic mass is 35.5. The molecule has 2 heterocycles. The lowest BCUT2D eigenvalue weighted by Gasteiger charge is -1.99. The van der Waals surface area contributed by atoms with Crippen molar-refractivity contribution >= 4 is 34.4 Å². The molecule has 0 saturated heterocycles. The maximum Gasteiger partial charge on any atom is 0.356 e. The molecule has 6 heteroatoms. The highest BCUT2D eigenvalue weighted by Crippen LogP contribution is 2.20. The van der Waals surface area contributed by atoms with Gasteiger partial charge in [0.15, 0.2) is 5.69 Å². The number of benzene rings is 1. The van der Waals surface area contributed by atoms with Crippen molar-refractivity contribution in [2.24, 2.45) is 0 Å². The van der Waals surface area contributed by atoms with E-state index in [0.717, 1.165) is 11.0 Å². The van der Waals surface area contributed by atoms with E-state index in [1.807, 2.05) is 24.3 Å². The van der Waals surface area contributed by atoms with Crippen molar-refractivity contribution in [2.45, 2.75) is 0 Å². The Labute approximate surface area is 100 Å². The third kappa shape index (κ3) is 1.43. The summed E-state index contributed by atoms with van der Waals surface area (Å²) in [6, 6.07) is 7.43. The summed E-state index contributed by atoms with van der Waals surface area (Å²) in [4.78, 5) is 19.1. The number of halogens is 1. The summed E-state index contributed by atoms with van der Waals surface area (Å²) in [5.74, 6) is -0.836. The molecule has 0 aliphatic rings. The second-order valence-corrected chi connectivity index (χ2v) is 3.92. The summed E-state index contributed by atoms with van der Waals surface area (Å²) in [7, 11) is 0. The lowest BCUT2D eigenvalue weighted by Crippen LogP contribution is -2.03. The Morgan fingerprint density at radius 1 is 1.29 bits per heavy atom. The highest BCUT2D eigenvalue weighted by molar-refractivity contribution is 6.33. The van der Waals surface area contributed by atoms with E-state index in [-0.39, 0.29) is 10.7 Å². The molecule has 5 nitrogen and oxygen atoms in total. The van der Waals surface area contributed by atoms with Crippen LogP contribution in [0.15, 0.2) is 30.5 Å². The maximum absolute atomic E-state index is 10.9. The van der Waals surface area contributed by atoms with Crippen molar-refractivity contribution in [3.05, 3.63) is 41.2 Å². The smallest absolute Gasteiger partial charge is 0.356 e. The zero-order valence-corrected chi connectivity index (χ0v) is 9.22. The number of hydrogen-bond acceptors (Lipinski definition) is 3. The van der Waals surface area contributed by atoms with Crippen LogP contribution in [0.25, 0.3) is 16.8 Å². The van der Waals surface area contributed by atoms with Gasteiger partial charge in [0.1, 0.15) is 0 Å². The molecule has 0 saturated carbocycles. The first-order valence-electron chi connectivity index (χ1n) is 4.83. The van der Waals surface area contributed by atoms with Gasteiger partial charge in [-0.05, 0) is 12.1 Å². The number of fused-ring (bicyclic) bond motifs is 3. The Balaban J connectivity index is 2.46. The van der Waals surface area contributed by atoms with Gasteiger partial charge in [-0.1, -0.05) is 23.7 Å². The first-order valence-corrected chi connectivity index (χ1v) is 5.21. The van der Waals surface area contributed by atoms with Gasteiger partial charge in [0.05, 0.1) is 16.1 Å². The van der Waals surface area contributed by atoms with Gasteiger partial charge in [0, 0.05) is 6.20 Å². The fourth-order valence-electron chi connectivity index (χ4n) is 1.72. The largest absolute Gasteiger partial charge is 0.476 e. The quantitative estimate of drug-likeness (QED) is 0.716. The number of aromatic nitrogens is 3. The van der Waals surface area contributed by atoms with Gasteiger partial charge in [0.25, 0.3) is 0 Å². The molecule has 17 heavy (non-hydrogen) atoms. The second kappa shape index (κ2) is 3.43. The number of aromatic carboxylic acids is 1. The van der Waals surface area contributed by atoms with Crippen molar-refractivity contribution in [3.63, 3.8) is 0 Å². The molecule has 0 fully saturated rings. The first-order chi connectivity index (χ1) is 8.16.